The second kappa shape index (κ2) is 7.16. The molecule has 0 spiro atoms. The minimum absolute atomic E-state index is 0.0648. The van der Waals surface area contributed by atoms with Crippen LogP contribution in [-0.4, -0.2) is 39.1 Å². The van der Waals surface area contributed by atoms with Crippen molar-refractivity contribution in [2.24, 2.45) is 5.92 Å². The van der Waals surface area contributed by atoms with Crippen molar-refractivity contribution in [1.29, 1.82) is 0 Å². The highest BCUT2D eigenvalue weighted by Crippen LogP contribution is 2.23. The molecule has 0 bridgehead atoms. The molecule has 1 amide bonds. The number of Topliss-reactive ketones (excluding diaryl/α,β-unsaturated/α-hetero) is 1. The second-order valence-electron chi connectivity index (χ2n) is 7.01. The molecule has 27 heavy (non-hydrogen) atoms. The van der Waals surface area contributed by atoms with Crippen LogP contribution in [0.15, 0.2) is 48.8 Å². The first-order valence-electron chi connectivity index (χ1n) is 9.06. The van der Waals surface area contributed by atoms with Gasteiger partial charge in [0.1, 0.15) is 11.3 Å². The summed E-state index contributed by atoms with van der Waals surface area (Å²) in [5, 5.41) is 0.606. The molecule has 1 fully saturated rings. The van der Waals surface area contributed by atoms with E-state index in [9.17, 15) is 9.59 Å². The standard InChI is InChI=1S/C21H20ClN3O2/c1-14-4-2-10-24-13-18(23-20(14)24)21(27)25-11-3-5-16(12-25)19(26)15-6-8-17(22)9-7-15/h2,4,6-10,13,16H,3,5,11-12H2,1H3/t16-/m0/s1. The van der Waals surface area contributed by atoms with Crippen LogP contribution in [0.4, 0.5) is 0 Å². The smallest absolute Gasteiger partial charge is 0.274 e. The van der Waals surface area contributed by atoms with Crippen LogP contribution in [-0.2, 0) is 0 Å². The number of benzene rings is 1. The van der Waals surface area contributed by atoms with E-state index in [1.165, 1.54) is 0 Å². The van der Waals surface area contributed by atoms with Crippen molar-refractivity contribution >= 4 is 28.9 Å². The third-order valence-corrected chi connectivity index (χ3v) is 5.36. The van der Waals surface area contributed by atoms with Crippen molar-refractivity contribution in [3.63, 3.8) is 0 Å². The largest absolute Gasteiger partial charge is 0.337 e. The molecule has 3 aromatic rings. The number of hydrogen-bond acceptors (Lipinski definition) is 3. The Hall–Kier alpha value is -2.66. The van der Waals surface area contributed by atoms with Gasteiger partial charge in [-0.2, -0.15) is 0 Å². The predicted molar refractivity (Wildman–Crippen MR) is 104 cm³/mol. The second-order valence-corrected chi connectivity index (χ2v) is 7.45. The summed E-state index contributed by atoms with van der Waals surface area (Å²) in [5.41, 5.74) is 2.86. The number of fused-ring (bicyclic) bond motifs is 1. The quantitative estimate of drug-likeness (QED) is 0.643. The van der Waals surface area contributed by atoms with Crippen molar-refractivity contribution in [1.82, 2.24) is 14.3 Å². The highest BCUT2D eigenvalue weighted by atomic mass is 35.5. The number of imidazole rings is 1. The molecule has 5 nitrogen and oxygen atoms in total. The first-order chi connectivity index (χ1) is 13.0. The Morgan fingerprint density at radius 1 is 1.19 bits per heavy atom. The average Bonchev–Trinajstić information content (AvgIpc) is 3.13. The number of halogens is 1. The van der Waals surface area contributed by atoms with Gasteiger partial charge in [-0.25, -0.2) is 4.98 Å². The van der Waals surface area contributed by atoms with Crippen molar-refractivity contribution in [2.45, 2.75) is 19.8 Å². The normalized spacial score (nSPS) is 17.3. The maximum Gasteiger partial charge on any atom is 0.274 e. The van der Waals surface area contributed by atoms with Gasteiger partial charge in [0, 0.05) is 42.0 Å². The van der Waals surface area contributed by atoms with Crippen LogP contribution in [0.25, 0.3) is 5.65 Å². The van der Waals surface area contributed by atoms with E-state index in [0.29, 0.717) is 29.4 Å². The Kier molecular flexibility index (Phi) is 4.70. The van der Waals surface area contributed by atoms with Gasteiger partial charge in [0.05, 0.1) is 0 Å². The first-order valence-corrected chi connectivity index (χ1v) is 9.44. The van der Waals surface area contributed by atoms with Gasteiger partial charge in [-0.15, -0.1) is 0 Å². The lowest BCUT2D eigenvalue weighted by molar-refractivity contribution is 0.0632. The summed E-state index contributed by atoms with van der Waals surface area (Å²) in [7, 11) is 0. The van der Waals surface area contributed by atoms with Crippen molar-refractivity contribution in [3.05, 3.63) is 70.6 Å². The number of likely N-dealkylation sites (tertiary alicyclic amines) is 1. The summed E-state index contributed by atoms with van der Waals surface area (Å²) < 4.78 is 1.86. The van der Waals surface area contributed by atoms with Crippen LogP contribution in [0.5, 0.6) is 0 Å². The van der Waals surface area contributed by atoms with Gasteiger partial charge < -0.3 is 9.30 Å². The van der Waals surface area contributed by atoms with Crippen LogP contribution < -0.4 is 0 Å². The third kappa shape index (κ3) is 3.47. The molecule has 1 saturated heterocycles. The highest BCUT2D eigenvalue weighted by molar-refractivity contribution is 6.30. The van der Waals surface area contributed by atoms with E-state index in [0.717, 1.165) is 24.1 Å². The van der Waals surface area contributed by atoms with E-state index < -0.39 is 0 Å². The molecular weight excluding hydrogens is 362 g/mol. The zero-order valence-corrected chi connectivity index (χ0v) is 15.8. The molecule has 1 aliphatic heterocycles. The van der Waals surface area contributed by atoms with Gasteiger partial charge in [0.25, 0.3) is 5.91 Å². The number of aryl methyl sites for hydroxylation is 1. The molecule has 6 heteroatoms. The Morgan fingerprint density at radius 3 is 2.70 bits per heavy atom. The van der Waals surface area contributed by atoms with Gasteiger partial charge >= 0.3 is 0 Å². The van der Waals surface area contributed by atoms with Gasteiger partial charge in [0.2, 0.25) is 0 Å². The van der Waals surface area contributed by atoms with Crippen LogP contribution in [0.1, 0.15) is 39.3 Å². The maximum absolute atomic E-state index is 13.0. The molecular formula is C21H20ClN3O2. The molecule has 1 atom stereocenters. The third-order valence-electron chi connectivity index (χ3n) is 5.11. The fourth-order valence-electron chi connectivity index (χ4n) is 3.64. The number of hydrogen-bond donors (Lipinski definition) is 0. The Balaban J connectivity index is 1.53. The number of amides is 1. The number of piperidine rings is 1. The number of rotatable bonds is 3. The lowest BCUT2D eigenvalue weighted by Crippen LogP contribution is -2.42. The lowest BCUT2D eigenvalue weighted by Gasteiger charge is -2.31. The maximum atomic E-state index is 13.0. The Morgan fingerprint density at radius 2 is 1.96 bits per heavy atom. The van der Waals surface area contributed by atoms with E-state index in [2.05, 4.69) is 4.98 Å². The van der Waals surface area contributed by atoms with Crippen LogP contribution in [0, 0.1) is 12.8 Å². The predicted octanol–water partition coefficient (Wildman–Crippen LogP) is 4.03. The molecule has 0 unspecified atom stereocenters. The summed E-state index contributed by atoms with van der Waals surface area (Å²) in [6.07, 6.45) is 5.24. The zero-order valence-electron chi connectivity index (χ0n) is 15.1. The van der Waals surface area contributed by atoms with Crippen molar-refractivity contribution in [3.8, 4) is 0 Å². The van der Waals surface area contributed by atoms with E-state index in [1.54, 1.807) is 35.4 Å². The number of aromatic nitrogens is 2. The van der Waals surface area contributed by atoms with Crippen LogP contribution in [0.2, 0.25) is 5.02 Å². The van der Waals surface area contributed by atoms with Crippen molar-refractivity contribution in [2.75, 3.05) is 13.1 Å². The van der Waals surface area contributed by atoms with Gasteiger partial charge in [-0.3, -0.25) is 9.59 Å². The minimum Gasteiger partial charge on any atom is -0.337 e. The summed E-state index contributed by atoms with van der Waals surface area (Å²) >= 11 is 5.91. The zero-order chi connectivity index (χ0) is 19.0. The average molecular weight is 382 g/mol. The number of pyridine rings is 1. The summed E-state index contributed by atoms with van der Waals surface area (Å²) in [6, 6.07) is 10.8. The van der Waals surface area contributed by atoms with E-state index in [-0.39, 0.29) is 17.6 Å². The summed E-state index contributed by atoms with van der Waals surface area (Å²) in [5.74, 6) is -0.246. The Bertz CT molecular complexity index is 1010. The molecule has 0 radical (unpaired) electrons. The molecule has 0 aliphatic carbocycles. The van der Waals surface area contributed by atoms with Gasteiger partial charge in [-0.1, -0.05) is 17.7 Å². The minimum atomic E-state index is -0.192. The topological polar surface area (TPSA) is 54.7 Å². The van der Waals surface area contributed by atoms with E-state index in [4.69, 9.17) is 11.6 Å². The molecule has 3 heterocycles. The van der Waals surface area contributed by atoms with Gasteiger partial charge in [-0.05, 0) is 55.7 Å². The molecule has 138 valence electrons. The first kappa shape index (κ1) is 17.7. The van der Waals surface area contributed by atoms with E-state index in [1.807, 2.05) is 29.7 Å². The summed E-state index contributed by atoms with van der Waals surface area (Å²) in [6.45, 7) is 3.04. The molecule has 1 aliphatic rings. The van der Waals surface area contributed by atoms with Crippen molar-refractivity contribution < 1.29 is 9.59 Å². The number of nitrogens with zero attached hydrogens (tertiary/aromatic N) is 3. The molecule has 4 rings (SSSR count). The molecule has 0 N–H and O–H groups in total. The van der Waals surface area contributed by atoms with Gasteiger partial charge in [0.15, 0.2) is 5.78 Å². The number of carbonyl (C=O) groups is 2. The monoisotopic (exact) mass is 381 g/mol. The number of carbonyl (C=O) groups excluding carboxylic acids is 2. The molecule has 2 aromatic heterocycles. The fraction of sp³-hybridized carbons (Fsp3) is 0.286. The fourth-order valence-corrected chi connectivity index (χ4v) is 3.77. The lowest BCUT2D eigenvalue weighted by atomic mass is 9.90. The van der Waals surface area contributed by atoms with Crippen LogP contribution >= 0.6 is 11.6 Å². The highest BCUT2D eigenvalue weighted by Gasteiger charge is 2.30. The van der Waals surface area contributed by atoms with E-state index >= 15 is 0 Å². The Labute approximate surface area is 162 Å². The molecule has 1 aromatic carbocycles. The SMILES string of the molecule is Cc1cccn2cc(C(=O)N3CCC[C@H](C(=O)c4ccc(Cl)cc4)C3)nc12. The number of ketones is 1. The summed E-state index contributed by atoms with van der Waals surface area (Å²) in [4.78, 5) is 32.0. The van der Waals surface area contributed by atoms with Crippen LogP contribution in [0.3, 0.4) is 0 Å². The molecule has 0 saturated carbocycles.